The van der Waals surface area contributed by atoms with E-state index in [0.29, 0.717) is 17.5 Å². The zero-order valence-electron chi connectivity index (χ0n) is 13.5. The number of fused-ring (bicyclic) bond motifs is 1. The molecule has 0 atom stereocenters. The summed E-state index contributed by atoms with van der Waals surface area (Å²) >= 11 is 0. The molecule has 4 aromatic rings. The average molecular weight is 346 g/mol. The van der Waals surface area contributed by atoms with Gasteiger partial charge < -0.3 is 15.7 Å². The Morgan fingerprint density at radius 2 is 1.96 bits per heavy atom. The highest BCUT2D eigenvalue weighted by Gasteiger charge is 2.07. The molecule has 128 valence electrons. The molecule has 2 aromatic carbocycles. The van der Waals surface area contributed by atoms with Crippen LogP contribution in [-0.2, 0) is 0 Å². The lowest BCUT2D eigenvalue weighted by Gasteiger charge is -2.09. The summed E-state index contributed by atoms with van der Waals surface area (Å²) in [5.74, 6) is -0.0271. The number of carboxylic acids is 1. The Balaban J connectivity index is 1.58. The maximum Gasteiger partial charge on any atom is 0.335 e. The Kier molecular flexibility index (Phi) is 3.91. The predicted molar refractivity (Wildman–Crippen MR) is 98.1 cm³/mol. The van der Waals surface area contributed by atoms with Gasteiger partial charge in [0.2, 0.25) is 5.95 Å². The van der Waals surface area contributed by atoms with Crippen LogP contribution in [0.3, 0.4) is 0 Å². The normalized spacial score (nSPS) is 10.6. The second-order valence-corrected chi connectivity index (χ2v) is 5.54. The largest absolute Gasteiger partial charge is 0.478 e. The van der Waals surface area contributed by atoms with Gasteiger partial charge in [0, 0.05) is 17.3 Å². The van der Waals surface area contributed by atoms with Crippen LogP contribution in [0.15, 0.2) is 60.9 Å². The van der Waals surface area contributed by atoms with E-state index < -0.39 is 5.97 Å². The molecule has 8 nitrogen and oxygen atoms in total. The van der Waals surface area contributed by atoms with Crippen LogP contribution in [0.2, 0.25) is 0 Å². The van der Waals surface area contributed by atoms with E-state index in [1.807, 2.05) is 18.2 Å². The van der Waals surface area contributed by atoms with Crippen LogP contribution < -0.4 is 10.6 Å². The standard InChI is InChI=1S/C18H14N6O2/c25-17(26)11-3-1-4-12(9-11)21-18-19-8-7-16(23-18)22-14-5-2-6-15-13(14)10-20-24-15/h1-10H,(H,20,24)(H,25,26)(H2,19,21,22,23). The van der Waals surface area contributed by atoms with E-state index >= 15 is 0 Å². The first kappa shape index (κ1) is 15.6. The van der Waals surface area contributed by atoms with Gasteiger partial charge in [-0.25, -0.2) is 9.78 Å². The highest BCUT2D eigenvalue weighted by atomic mass is 16.4. The van der Waals surface area contributed by atoms with Crippen LogP contribution in [-0.4, -0.2) is 31.2 Å². The topological polar surface area (TPSA) is 116 Å². The first-order chi connectivity index (χ1) is 12.7. The number of rotatable bonds is 5. The molecule has 4 N–H and O–H groups in total. The Labute approximate surface area is 147 Å². The van der Waals surface area contributed by atoms with Crippen molar-refractivity contribution in [1.29, 1.82) is 0 Å². The number of aromatic nitrogens is 4. The van der Waals surface area contributed by atoms with Crippen molar-refractivity contribution in [2.75, 3.05) is 10.6 Å². The summed E-state index contributed by atoms with van der Waals surface area (Å²) in [5, 5.41) is 23.2. The van der Waals surface area contributed by atoms with Crippen LogP contribution in [0.5, 0.6) is 0 Å². The van der Waals surface area contributed by atoms with E-state index in [-0.39, 0.29) is 5.56 Å². The van der Waals surface area contributed by atoms with Crippen molar-refractivity contribution in [2.45, 2.75) is 0 Å². The van der Waals surface area contributed by atoms with Crippen molar-refractivity contribution in [3.05, 3.63) is 66.5 Å². The minimum absolute atomic E-state index is 0.191. The molecule has 0 aliphatic heterocycles. The minimum Gasteiger partial charge on any atom is -0.478 e. The summed E-state index contributed by atoms with van der Waals surface area (Å²) in [6.07, 6.45) is 3.36. The summed E-state index contributed by atoms with van der Waals surface area (Å²) in [6, 6.07) is 14.0. The predicted octanol–water partition coefficient (Wildman–Crippen LogP) is 3.54. The zero-order chi connectivity index (χ0) is 17.9. The van der Waals surface area contributed by atoms with Crippen molar-refractivity contribution >= 4 is 40.0 Å². The number of H-pyrrole nitrogens is 1. The van der Waals surface area contributed by atoms with E-state index in [1.54, 1.807) is 30.6 Å². The molecule has 0 radical (unpaired) electrons. The maximum atomic E-state index is 11.1. The summed E-state index contributed by atoms with van der Waals surface area (Å²) < 4.78 is 0. The second-order valence-electron chi connectivity index (χ2n) is 5.54. The van der Waals surface area contributed by atoms with Gasteiger partial charge in [0.15, 0.2) is 0 Å². The number of carbonyl (C=O) groups is 1. The molecular formula is C18H14N6O2. The monoisotopic (exact) mass is 346 g/mol. The number of benzene rings is 2. The van der Waals surface area contributed by atoms with E-state index in [4.69, 9.17) is 5.11 Å². The number of nitrogens with zero attached hydrogens (tertiary/aromatic N) is 3. The molecule has 0 saturated carbocycles. The molecule has 0 spiro atoms. The van der Waals surface area contributed by atoms with Gasteiger partial charge in [0.05, 0.1) is 23.0 Å². The van der Waals surface area contributed by atoms with Gasteiger partial charge in [0.1, 0.15) is 5.82 Å². The van der Waals surface area contributed by atoms with Crippen molar-refractivity contribution in [3.63, 3.8) is 0 Å². The van der Waals surface area contributed by atoms with Crippen molar-refractivity contribution in [3.8, 4) is 0 Å². The lowest BCUT2D eigenvalue weighted by Crippen LogP contribution is -2.02. The van der Waals surface area contributed by atoms with Crippen LogP contribution in [0.1, 0.15) is 10.4 Å². The lowest BCUT2D eigenvalue weighted by molar-refractivity contribution is 0.0697. The van der Waals surface area contributed by atoms with Gasteiger partial charge >= 0.3 is 5.97 Å². The minimum atomic E-state index is -0.988. The Morgan fingerprint density at radius 1 is 1.08 bits per heavy atom. The summed E-state index contributed by atoms with van der Waals surface area (Å²) in [7, 11) is 0. The molecule has 0 aliphatic rings. The molecule has 2 heterocycles. The third-order valence-electron chi connectivity index (χ3n) is 3.77. The molecule has 0 bridgehead atoms. The van der Waals surface area contributed by atoms with E-state index in [2.05, 4.69) is 30.8 Å². The molecule has 0 saturated heterocycles. The molecule has 4 rings (SSSR count). The number of carboxylic acid groups (broad SMARTS) is 1. The third-order valence-corrected chi connectivity index (χ3v) is 3.77. The SMILES string of the molecule is O=C(O)c1cccc(Nc2nccc(Nc3cccc4[nH]ncc34)n2)c1. The third kappa shape index (κ3) is 3.16. The summed E-state index contributed by atoms with van der Waals surface area (Å²) in [4.78, 5) is 19.7. The van der Waals surface area contributed by atoms with Crippen LogP contribution in [0, 0.1) is 0 Å². The fourth-order valence-corrected chi connectivity index (χ4v) is 2.56. The fourth-order valence-electron chi connectivity index (χ4n) is 2.56. The maximum absolute atomic E-state index is 11.1. The summed E-state index contributed by atoms with van der Waals surface area (Å²) in [5.41, 5.74) is 2.58. The van der Waals surface area contributed by atoms with Gasteiger partial charge in [-0.2, -0.15) is 10.1 Å². The van der Waals surface area contributed by atoms with Gasteiger partial charge in [-0.1, -0.05) is 12.1 Å². The first-order valence-electron chi connectivity index (χ1n) is 7.81. The number of nitrogens with one attached hydrogen (secondary N) is 3. The zero-order valence-corrected chi connectivity index (χ0v) is 13.5. The van der Waals surface area contributed by atoms with Gasteiger partial charge in [0.25, 0.3) is 0 Å². The van der Waals surface area contributed by atoms with Gasteiger partial charge in [-0.05, 0) is 36.4 Å². The van der Waals surface area contributed by atoms with Crippen molar-refractivity contribution in [1.82, 2.24) is 20.2 Å². The fraction of sp³-hybridized carbons (Fsp3) is 0. The van der Waals surface area contributed by atoms with E-state index in [9.17, 15) is 4.79 Å². The number of aromatic amines is 1. The molecule has 0 aliphatic carbocycles. The van der Waals surface area contributed by atoms with E-state index in [0.717, 1.165) is 16.6 Å². The van der Waals surface area contributed by atoms with E-state index in [1.165, 1.54) is 12.1 Å². The van der Waals surface area contributed by atoms with Crippen LogP contribution >= 0.6 is 0 Å². The van der Waals surface area contributed by atoms with Crippen molar-refractivity contribution in [2.24, 2.45) is 0 Å². The Hall–Kier alpha value is -3.94. The van der Waals surface area contributed by atoms with Crippen molar-refractivity contribution < 1.29 is 9.90 Å². The first-order valence-corrected chi connectivity index (χ1v) is 7.81. The number of hydrogen-bond donors (Lipinski definition) is 4. The van der Waals surface area contributed by atoms with Crippen LogP contribution in [0.4, 0.5) is 23.1 Å². The quantitative estimate of drug-likeness (QED) is 0.437. The molecule has 2 aromatic heterocycles. The molecule has 0 fully saturated rings. The van der Waals surface area contributed by atoms with Gasteiger partial charge in [-0.15, -0.1) is 0 Å². The second kappa shape index (κ2) is 6.52. The Bertz CT molecular complexity index is 1090. The van der Waals surface area contributed by atoms with Crippen LogP contribution in [0.25, 0.3) is 10.9 Å². The Morgan fingerprint density at radius 3 is 2.85 bits per heavy atom. The lowest BCUT2D eigenvalue weighted by atomic mass is 10.2. The number of hydrogen-bond acceptors (Lipinski definition) is 6. The highest BCUT2D eigenvalue weighted by molar-refractivity contribution is 5.92. The average Bonchev–Trinajstić information content (AvgIpc) is 3.12. The molecule has 0 amide bonds. The molecule has 26 heavy (non-hydrogen) atoms. The smallest absolute Gasteiger partial charge is 0.335 e. The molecule has 8 heteroatoms. The summed E-state index contributed by atoms with van der Waals surface area (Å²) in [6.45, 7) is 0. The van der Waals surface area contributed by atoms with Gasteiger partial charge in [-0.3, -0.25) is 5.10 Å². The highest BCUT2D eigenvalue weighted by Crippen LogP contribution is 2.24. The number of anilines is 4. The molecule has 0 unspecified atom stereocenters. The number of aromatic carboxylic acids is 1. The molecular weight excluding hydrogens is 332 g/mol.